The van der Waals surface area contributed by atoms with Gasteiger partial charge in [0.05, 0.1) is 30.7 Å². The summed E-state index contributed by atoms with van der Waals surface area (Å²) < 4.78 is 7.42. The molecule has 1 aromatic heterocycles. The molecule has 1 unspecified atom stereocenters. The van der Waals surface area contributed by atoms with Crippen molar-refractivity contribution in [2.75, 3.05) is 7.11 Å². The van der Waals surface area contributed by atoms with Gasteiger partial charge in [0, 0.05) is 12.0 Å². The maximum absolute atomic E-state index is 12.8. The predicted molar refractivity (Wildman–Crippen MR) is 118 cm³/mol. The van der Waals surface area contributed by atoms with Gasteiger partial charge in [-0.2, -0.15) is 5.10 Å². The zero-order valence-corrected chi connectivity index (χ0v) is 17.9. The Morgan fingerprint density at radius 1 is 1.17 bits per heavy atom. The quantitative estimate of drug-likeness (QED) is 0.652. The standard InChI is InChI=1S/C25H29N3O2/c1-25(2)15-21(27-24(29)14-13-18-9-7-8-12-23(18)30-3)20-17-26-28(22(20)16-25)19-10-5-4-6-11-19/h4-12,17,21H,13-16H2,1-3H3,(H,27,29). The lowest BCUT2D eigenvalue weighted by Crippen LogP contribution is -2.36. The summed E-state index contributed by atoms with van der Waals surface area (Å²) >= 11 is 0. The monoisotopic (exact) mass is 403 g/mol. The lowest BCUT2D eigenvalue weighted by Gasteiger charge is -2.36. The van der Waals surface area contributed by atoms with Crippen LogP contribution in [-0.4, -0.2) is 22.8 Å². The van der Waals surface area contributed by atoms with E-state index in [9.17, 15) is 4.79 Å². The molecule has 0 saturated heterocycles. The number of carbonyl (C=O) groups excluding carboxylic acids is 1. The number of amides is 1. The average molecular weight is 404 g/mol. The Morgan fingerprint density at radius 2 is 1.90 bits per heavy atom. The summed E-state index contributed by atoms with van der Waals surface area (Å²) in [6.45, 7) is 4.51. The van der Waals surface area contributed by atoms with Crippen LogP contribution in [0.3, 0.4) is 0 Å². The van der Waals surface area contributed by atoms with Gasteiger partial charge in [-0.3, -0.25) is 4.79 Å². The molecule has 1 heterocycles. The summed E-state index contributed by atoms with van der Waals surface area (Å²) in [6.07, 6.45) is 4.84. The second-order valence-electron chi connectivity index (χ2n) is 8.77. The highest BCUT2D eigenvalue weighted by atomic mass is 16.5. The number of nitrogens with one attached hydrogen (secondary N) is 1. The van der Waals surface area contributed by atoms with Gasteiger partial charge in [0.1, 0.15) is 5.75 Å². The van der Waals surface area contributed by atoms with Crippen molar-refractivity contribution in [3.8, 4) is 11.4 Å². The molecule has 1 atom stereocenters. The zero-order valence-electron chi connectivity index (χ0n) is 17.9. The largest absolute Gasteiger partial charge is 0.496 e. The van der Waals surface area contributed by atoms with Crippen LogP contribution in [0, 0.1) is 5.41 Å². The first kappa shape index (κ1) is 20.2. The fraction of sp³-hybridized carbons (Fsp3) is 0.360. The number of rotatable bonds is 6. The van der Waals surface area contributed by atoms with Crippen LogP contribution in [0.4, 0.5) is 0 Å². The third-order valence-electron chi connectivity index (χ3n) is 5.83. The number of hydrogen-bond donors (Lipinski definition) is 1. The van der Waals surface area contributed by atoms with Crippen LogP contribution in [0.1, 0.15) is 49.6 Å². The molecular formula is C25H29N3O2. The topological polar surface area (TPSA) is 56.1 Å². The SMILES string of the molecule is COc1ccccc1CCC(=O)NC1CC(C)(C)Cc2c1cnn2-c1ccccc1. The van der Waals surface area contributed by atoms with Gasteiger partial charge in [-0.15, -0.1) is 0 Å². The number of aromatic nitrogens is 2. The second-order valence-corrected chi connectivity index (χ2v) is 8.77. The van der Waals surface area contributed by atoms with Crippen molar-refractivity contribution in [2.24, 2.45) is 5.41 Å². The van der Waals surface area contributed by atoms with Crippen molar-refractivity contribution in [1.29, 1.82) is 0 Å². The molecule has 156 valence electrons. The van der Waals surface area contributed by atoms with Gasteiger partial charge < -0.3 is 10.1 Å². The predicted octanol–water partition coefficient (Wildman–Crippen LogP) is 4.64. The minimum atomic E-state index is -0.0219. The average Bonchev–Trinajstić information content (AvgIpc) is 3.15. The van der Waals surface area contributed by atoms with Crippen LogP contribution < -0.4 is 10.1 Å². The van der Waals surface area contributed by atoms with E-state index in [-0.39, 0.29) is 17.4 Å². The van der Waals surface area contributed by atoms with E-state index in [0.717, 1.165) is 35.4 Å². The number of fused-ring (bicyclic) bond motifs is 1. The third-order valence-corrected chi connectivity index (χ3v) is 5.83. The van der Waals surface area contributed by atoms with Gasteiger partial charge in [0.15, 0.2) is 0 Å². The number of para-hydroxylation sites is 2. The number of carbonyl (C=O) groups is 1. The molecule has 0 bridgehead atoms. The third kappa shape index (κ3) is 4.25. The molecule has 1 N–H and O–H groups in total. The molecule has 0 spiro atoms. The number of hydrogen-bond acceptors (Lipinski definition) is 3. The van der Waals surface area contributed by atoms with Crippen molar-refractivity contribution in [1.82, 2.24) is 15.1 Å². The van der Waals surface area contributed by atoms with E-state index < -0.39 is 0 Å². The van der Waals surface area contributed by atoms with Crippen LogP contribution in [0.15, 0.2) is 60.8 Å². The van der Waals surface area contributed by atoms with Crippen molar-refractivity contribution < 1.29 is 9.53 Å². The Balaban J connectivity index is 1.51. The molecule has 0 saturated carbocycles. The zero-order chi connectivity index (χ0) is 21.1. The molecule has 30 heavy (non-hydrogen) atoms. The summed E-state index contributed by atoms with van der Waals surface area (Å²) in [5, 5.41) is 7.93. The summed E-state index contributed by atoms with van der Waals surface area (Å²) in [6, 6.07) is 18.0. The molecular weight excluding hydrogens is 374 g/mol. The van der Waals surface area contributed by atoms with Crippen molar-refractivity contribution in [3.63, 3.8) is 0 Å². The number of aryl methyl sites for hydroxylation is 1. The summed E-state index contributed by atoms with van der Waals surface area (Å²) in [7, 11) is 1.66. The Kier molecular flexibility index (Phi) is 5.62. The number of nitrogens with zero attached hydrogens (tertiary/aromatic N) is 2. The van der Waals surface area contributed by atoms with E-state index in [1.54, 1.807) is 7.11 Å². The molecule has 5 heteroatoms. The number of benzene rings is 2. The summed E-state index contributed by atoms with van der Waals surface area (Å²) in [4.78, 5) is 12.8. The van der Waals surface area contributed by atoms with Gasteiger partial charge in [0.25, 0.3) is 0 Å². The lowest BCUT2D eigenvalue weighted by atomic mass is 9.74. The Hall–Kier alpha value is -3.08. The molecule has 1 aliphatic carbocycles. The van der Waals surface area contributed by atoms with Gasteiger partial charge in [0.2, 0.25) is 5.91 Å². The summed E-state index contributed by atoms with van der Waals surface area (Å²) in [5.41, 5.74) is 4.51. The van der Waals surface area contributed by atoms with Gasteiger partial charge in [-0.1, -0.05) is 50.2 Å². The van der Waals surface area contributed by atoms with Gasteiger partial charge in [-0.25, -0.2) is 4.68 Å². The first-order valence-electron chi connectivity index (χ1n) is 10.5. The first-order chi connectivity index (χ1) is 14.5. The van der Waals surface area contributed by atoms with E-state index in [0.29, 0.717) is 12.8 Å². The van der Waals surface area contributed by atoms with Crippen LogP contribution in [-0.2, 0) is 17.6 Å². The van der Waals surface area contributed by atoms with Crippen LogP contribution in [0.5, 0.6) is 5.75 Å². The normalized spacial score (nSPS) is 17.2. The molecule has 1 amide bonds. The molecule has 2 aromatic carbocycles. The first-order valence-corrected chi connectivity index (χ1v) is 10.5. The molecule has 0 radical (unpaired) electrons. The molecule has 4 rings (SSSR count). The maximum atomic E-state index is 12.8. The minimum Gasteiger partial charge on any atom is -0.496 e. The smallest absolute Gasteiger partial charge is 0.220 e. The highest BCUT2D eigenvalue weighted by Gasteiger charge is 2.35. The molecule has 1 aliphatic rings. The van der Waals surface area contributed by atoms with Crippen molar-refractivity contribution in [3.05, 3.63) is 77.6 Å². The fourth-order valence-electron chi connectivity index (χ4n) is 4.39. The lowest BCUT2D eigenvalue weighted by molar-refractivity contribution is -0.122. The maximum Gasteiger partial charge on any atom is 0.220 e. The van der Waals surface area contributed by atoms with E-state index >= 15 is 0 Å². The number of ether oxygens (including phenoxy) is 1. The Labute approximate surface area is 178 Å². The van der Waals surface area contributed by atoms with E-state index in [4.69, 9.17) is 4.74 Å². The molecule has 3 aromatic rings. The molecule has 0 fully saturated rings. The fourth-order valence-corrected chi connectivity index (χ4v) is 4.39. The van der Waals surface area contributed by atoms with E-state index in [1.807, 2.05) is 53.3 Å². The van der Waals surface area contributed by atoms with Crippen molar-refractivity contribution in [2.45, 2.75) is 45.6 Å². The molecule has 0 aliphatic heterocycles. The van der Waals surface area contributed by atoms with Gasteiger partial charge >= 0.3 is 0 Å². The highest BCUT2D eigenvalue weighted by molar-refractivity contribution is 5.77. The van der Waals surface area contributed by atoms with E-state index in [2.05, 4.69) is 36.4 Å². The summed E-state index contributed by atoms with van der Waals surface area (Å²) in [5.74, 6) is 0.887. The van der Waals surface area contributed by atoms with E-state index in [1.165, 1.54) is 5.69 Å². The Bertz CT molecular complexity index is 1020. The molecule has 5 nitrogen and oxygen atoms in total. The second kappa shape index (κ2) is 8.34. The minimum absolute atomic E-state index is 0.0219. The Morgan fingerprint density at radius 3 is 2.67 bits per heavy atom. The van der Waals surface area contributed by atoms with Crippen LogP contribution >= 0.6 is 0 Å². The van der Waals surface area contributed by atoms with Gasteiger partial charge in [-0.05, 0) is 48.4 Å². The van der Waals surface area contributed by atoms with Crippen molar-refractivity contribution >= 4 is 5.91 Å². The van der Waals surface area contributed by atoms with Crippen LogP contribution in [0.25, 0.3) is 5.69 Å². The van der Waals surface area contributed by atoms with Crippen LogP contribution in [0.2, 0.25) is 0 Å². The highest BCUT2D eigenvalue weighted by Crippen LogP contribution is 2.41. The number of methoxy groups -OCH3 is 1.